The number of hydrogen-bond acceptors (Lipinski definition) is 3. The van der Waals surface area contributed by atoms with Crippen molar-refractivity contribution in [1.29, 1.82) is 0 Å². The Hall–Kier alpha value is -0.900. The lowest BCUT2D eigenvalue weighted by Crippen LogP contribution is -2.27. The van der Waals surface area contributed by atoms with Gasteiger partial charge in [-0.15, -0.1) is 10.2 Å². The summed E-state index contributed by atoms with van der Waals surface area (Å²) in [5.74, 6) is 2.48. The second kappa shape index (κ2) is 4.77. The molecular weight excluding hydrogens is 214 g/mol. The predicted molar refractivity (Wildman–Crippen MR) is 66.6 cm³/mol. The summed E-state index contributed by atoms with van der Waals surface area (Å²) < 4.78 is 2.10. The molecule has 0 saturated heterocycles. The van der Waals surface area contributed by atoms with Gasteiger partial charge in [0.15, 0.2) is 5.82 Å². The highest BCUT2D eigenvalue weighted by atomic mass is 16.3. The van der Waals surface area contributed by atoms with Gasteiger partial charge < -0.3 is 9.67 Å². The number of hydrogen-bond donors (Lipinski definition) is 1. The van der Waals surface area contributed by atoms with E-state index < -0.39 is 0 Å². The summed E-state index contributed by atoms with van der Waals surface area (Å²) in [7, 11) is 0. The third-order valence-corrected chi connectivity index (χ3v) is 3.56. The van der Waals surface area contributed by atoms with E-state index in [-0.39, 0.29) is 12.1 Å². The van der Waals surface area contributed by atoms with Crippen molar-refractivity contribution in [3.63, 3.8) is 0 Å². The average Bonchev–Trinajstić information content (AvgIpc) is 2.85. The molecule has 0 amide bonds. The summed E-state index contributed by atoms with van der Waals surface area (Å²) in [5.41, 5.74) is -0.0600. The first-order valence-electron chi connectivity index (χ1n) is 6.57. The monoisotopic (exact) mass is 237 g/mol. The summed E-state index contributed by atoms with van der Waals surface area (Å²) >= 11 is 0. The highest BCUT2D eigenvalue weighted by Gasteiger charge is 2.25. The van der Waals surface area contributed by atoms with Gasteiger partial charge in [0.25, 0.3) is 0 Å². The Morgan fingerprint density at radius 1 is 1.18 bits per heavy atom. The van der Waals surface area contributed by atoms with Crippen LogP contribution in [0, 0.1) is 5.92 Å². The van der Waals surface area contributed by atoms with E-state index in [0.29, 0.717) is 5.82 Å². The van der Waals surface area contributed by atoms with Crippen LogP contribution in [0.1, 0.15) is 58.1 Å². The molecule has 1 aliphatic carbocycles. The van der Waals surface area contributed by atoms with Gasteiger partial charge in [0.05, 0.1) is 0 Å². The van der Waals surface area contributed by atoms with Gasteiger partial charge in [-0.25, -0.2) is 0 Å². The Labute approximate surface area is 103 Å². The fraction of sp³-hybridized carbons (Fsp3) is 0.846. The molecule has 17 heavy (non-hydrogen) atoms. The van der Waals surface area contributed by atoms with Crippen LogP contribution in [0.25, 0.3) is 0 Å². The maximum atomic E-state index is 9.33. The van der Waals surface area contributed by atoms with Crippen LogP contribution in [-0.4, -0.2) is 19.9 Å². The van der Waals surface area contributed by atoms with E-state index in [1.54, 1.807) is 0 Å². The largest absolute Gasteiger partial charge is 0.388 e. The number of rotatable bonds is 3. The summed E-state index contributed by atoms with van der Waals surface area (Å²) in [6, 6.07) is 0. The SMILES string of the molecule is CC(C)(C)n1c(CO)nnc1CC1CCCC1. The lowest BCUT2D eigenvalue weighted by Gasteiger charge is -2.25. The first kappa shape index (κ1) is 12.6. The van der Waals surface area contributed by atoms with E-state index in [0.717, 1.165) is 18.2 Å². The van der Waals surface area contributed by atoms with E-state index in [2.05, 4.69) is 35.5 Å². The zero-order valence-electron chi connectivity index (χ0n) is 11.1. The average molecular weight is 237 g/mol. The smallest absolute Gasteiger partial charge is 0.159 e. The molecule has 0 atom stereocenters. The molecule has 1 heterocycles. The van der Waals surface area contributed by atoms with E-state index in [9.17, 15) is 5.11 Å². The Bertz CT molecular complexity index is 373. The van der Waals surface area contributed by atoms with Crippen LogP contribution < -0.4 is 0 Å². The molecule has 96 valence electrons. The van der Waals surface area contributed by atoms with Crippen molar-refractivity contribution in [3.8, 4) is 0 Å². The Morgan fingerprint density at radius 2 is 1.76 bits per heavy atom. The Balaban J connectivity index is 2.23. The summed E-state index contributed by atoms with van der Waals surface area (Å²) in [6.07, 6.45) is 6.32. The van der Waals surface area contributed by atoms with Crippen LogP contribution in [0.4, 0.5) is 0 Å². The first-order chi connectivity index (χ1) is 8.02. The van der Waals surface area contributed by atoms with Crippen molar-refractivity contribution in [2.24, 2.45) is 5.92 Å². The van der Waals surface area contributed by atoms with Crippen LogP contribution >= 0.6 is 0 Å². The number of aliphatic hydroxyl groups excluding tert-OH is 1. The lowest BCUT2D eigenvalue weighted by molar-refractivity contribution is 0.247. The number of aromatic nitrogens is 3. The van der Waals surface area contributed by atoms with E-state index >= 15 is 0 Å². The molecule has 1 N–H and O–H groups in total. The number of nitrogens with zero attached hydrogens (tertiary/aromatic N) is 3. The molecule has 2 rings (SSSR count). The van der Waals surface area contributed by atoms with Gasteiger partial charge in [-0.2, -0.15) is 0 Å². The van der Waals surface area contributed by atoms with E-state index in [4.69, 9.17) is 0 Å². The van der Waals surface area contributed by atoms with Gasteiger partial charge in [0.1, 0.15) is 12.4 Å². The van der Waals surface area contributed by atoms with E-state index in [1.807, 2.05) is 0 Å². The minimum absolute atomic E-state index is 0.0328. The van der Waals surface area contributed by atoms with E-state index in [1.165, 1.54) is 25.7 Å². The fourth-order valence-electron chi connectivity index (χ4n) is 2.84. The van der Waals surface area contributed by atoms with Crippen molar-refractivity contribution < 1.29 is 5.11 Å². The minimum Gasteiger partial charge on any atom is -0.388 e. The quantitative estimate of drug-likeness (QED) is 0.877. The van der Waals surface area contributed by atoms with Gasteiger partial charge in [0, 0.05) is 12.0 Å². The van der Waals surface area contributed by atoms with Crippen molar-refractivity contribution in [1.82, 2.24) is 14.8 Å². The molecule has 0 spiro atoms. The highest BCUT2D eigenvalue weighted by molar-refractivity contribution is 5.02. The molecule has 1 aromatic rings. The van der Waals surface area contributed by atoms with Crippen LogP contribution in [0.5, 0.6) is 0 Å². The molecular formula is C13H23N3O. The van der Waals surface area contributed by atoms with Crippen molar-refractivity contribution in [2.45, 2.75) is 65.0 Å². The summed E-state index contributed by atoms with van der Waals surface area (Å²) in [6.45, 7) is 6.37. The molecule has 0 aliphatic heterocycles. The summed E-state index contributed by atoms with van der Waals surface area (Å²) in [5, 5.41) is 17.7. The van der Waals surface area contributed by atoms with Gasteiger partial charge >= 0.3 is 0 Å². The zero-order chi connectivity index (χ0) is 12.5. The molecule has 4 nitrogen and oxygen atoms in total. The molecule has 0 radical (unpaired) electrons. The second-order valence-corrected chi connectivity index (χ2v) is 6.05. The summed E-state index contributed by atoms with van der Waals surface area (Å²) in [4.78, 5) is 0. The van der Waals surface area contributed by atoms with Crippen molar-refractivity contribution in [3.05, 3.63) is 11.6 Å². The molecule has 1 fully saturated rings. The predicted octanol–water partition coefficient (Wildman–Crippen LogP) is 2.26. The standard InChI is InChI=1S/C13H23N3O/c1-13(2,3)16-11(14-15-12(16)9-17)8-10-6-4-5-7-10/h10,17H,4-9H2,1-3H3. The molecule has 1 saturated carbocycles. The Morgan fingerprint density at radius 3 is 2.29 bits per heavy atom. The van der Waals surface area contributed by atoms with Gasteiger partial charge in [-0.1, -0.05) is 25.7 Å². The molecule has 1 aromatic heterocycles. The first-order valence-corrected chi connectivity index (χ1v) is 6.57. The molecule has 4 heteroatoms. The Kier molecular flexibility index (Phi) is 3.52. The minimum atomic E-state index is -0.0600. The maximum Gasteiger partial charge on any atom is 0.159 e. The van der Waals surface area contributed by atoms with Crippen molar-refractivity contribution >= 4 is 0 Å². The van der Waals surface area contributed by atoms with Crippen molar-refractivity contribution in [2.75, 3.05) is 0 Å². The third-order valence-electron chi connectivity index (χ3n) is 3.56. The lowest BCUT2D eigenvalue weighted by atomic mass is 10.0. The number of aliphatic hydroxyl groups is 1. The maximum absolute atomic E-state index is 9.33. The van der Waals surface area contributed by atoms with Gasteiger partial charge in [-0.05, 0) is 26.7 Å². The molecule has 0 unspecified atom stereocenters. The van der Waals surface area contributed by atoms with Crippen LogP contribution in [-0.2, 0) is 18.6 Å². The van der Waals surface area contributed by atoms with Crippen LogP contribution in [0.3, 0.4) is 0 Å². The zero-order valence-corrected chi connectivity index (χ0v) is 11.1. The topological polar surface area (TPSA) is 50.9 Å². The van der Waals surface area contributed by atoms with Crippen LogP contribution in [0.2, 0.25) is 0 Å². The normalized spacial score (nSPS) is 17.9. The molecule has 0 aromatic carbocycles. The van der Waals surface area contributed by atoms with Gasteiger partial charge in [0.2, 0.25) is 0 Å². The molecule has 1 aliphatic rings. The van der Waals surface area contributed by atoms with Gasteiger partial charge in [-0.3, -0.25) is 0 Å². The fourth-order valence-corrected chi connectivity index (χ4v) is 2.84. The van der Waals surface area contributed by atoms with Crippen LogP contribution in [0.15, 0.2) is 0 Å². The molecule has 0 bridgehead atoms. The second-order valence-electron chi connectivity index (χ2n) is 6.05. The third kappa shape index (κ3) is 2.68. The highest BCUT2D eigenvalue weighted by Crippen LogP contribution is 2.29.